The molecule has 0 aliphatic heterocycles. The van der Waals surface area contributed by atoms with Crippen molar-refractivity contribution in [2.45, 2.75) is 6.92 Å². The Balaban J connectivity index is 1.95. The van der Waals surface area contributed by atoms with Crippen LogP contribution in [-0.4, -0.2) is 13.1 Å². The van der Waals surface area contributed by atoms with Crippen molar-refractivity contribution in [2.24, 2.45) is 0 Å². The topological polar surface area (TPSA) is 83.4 Å². The van der Waals surface area contributed by atoms with E-state index in [1.807, 2.05) is 37.3 Å². The highest BCUT2D eigenvalue weighted by Gasteiger charge is 2.16. The number of carbonyl (C=O) groups excluding carboxylic acids is 1. The minimum absolute atomic E-state index is 0.0716. The molecule has 0 saturated heterocycles. The number of para-hydroxylation sites is 2. The average molecular weight is 323 g/mol. The maximum absolute atomic E-state index is 12.3. The molecule has 0 saturated carbocycles. The van der Waals surface area contributed by atoms with E-state index in [1.54, 1.807) is 25.2 Å². The number of urea groups is 1. The zero-order valence-electron chi connectivity index (χ0n) is 13.3. The van der Waals surface area contributed by atoms with Gasteiger partial charge in [-0.15, -0.1) is 0 Å². The monoisotopic (exact) mass is 323 g/mol. The molecule has 0 aliphatic carbocycles. The Morgan fingerprint density at radius 1 is 0.958 bits per heavy atom. The summed E-state index contributed by atoms with van der Waals surface area (Å²) in [6, 6.07) is 14.0. The van der Waals surface area contributed by atoms with Gasteiger partial charge in [-0.1, -0.05) is 30.3 Å². The molecule has 0 bridgehead atoms. The van der Waals surface area contributed by atoms with Gasteiger partial charge in [-0.25, -0.2) is 9.59 Å². The molecule has 122 valence electrons. The Labute approximate surface area is 138 Å². The number of anilines is 3. The van der Waals surface area contributed by atoms with Crippen LogP contribution < -0.4 is 21.6 Å². The lowest BCUT2D eigenvalue weighted by molar-refractivity contribution is 0.262. The Morgan fingerprint density at radius 3 is 2.42 bits per heavy atom. The molecule has 0 unspecified atom stereocenters. The fourth-order valence-electron chi connectivity index (χ4n) is 2.50. The minimum atomic E-state index is -0.613. The Kier molecular flexibility index (Phi) is 4.20. The van der Waals surface area contributed by atoms with E-state index >= 15 is 0 Å². The number of nitrogens with one attached hydrogen (secondary N) is 3. The Bertz CT molecular complexity index is 963. The van der Waals surface area contributed by atoms with Crippen LogP contribution in [0.5, 0.6) is 0 Å². The smallest absolute Gasteiger partial charge is 0.362 e. The molecular formula is C18H17N3O3. The zero-order valence-corrected chi connectivity index (χ0v) is 13.3. The van der Waals surface area contributed by atoms with E-state index in [0.717, 1.165) is 5.56 Å². The first-order valence-electron chi connectivity index (χ1n) is 7.47. The highest BCUT2D eigenvalue weighted by Crippen LogP contribution is 2.28. The van der Waals surface area contributed by atoms with Gasteiger partial charge in [0.05, 0.1) is 5.69 Å². The molecule has 6 nitrogen and oxygen atoms in total. The van der Waals surface area contributed by atoms with Crippen LogP contribution in [0.2, 0.25) is 0 Å². The van der Waals surface area contributed by atoms with Gasteiger partial charge in [0.2, 0.25) is 0 Å². The third-order valence-electron chi connectivity index (χ3n) is 3.69. The van der Waals surface area contributed by atoms with Gasteiger partial charge in [-0.05, 0) is 30.7 Å². The summed E-state index contributed by atoms with van der Waals surface area (Å²) in [5.41, 5.74) is 2.02. The second-order valence-corrected chi connectivity index (χ2v) is 5.28. The molecule has 0 atom stereocenters. The Hall–Kier alpha value is -3.28. The SMILES string of the molecule is CNc1c(NC(=O)Nc2ccccc2C)c(=O)oc2ccccc12. The molecule has 3 rings (SSSR count). The standard InChI is InChI=1S/C18H17N3O3/c1-11-7-3-5-9-13(11)20-18(23)21-16-15(19-2)12-8-4-6-10-14(12)24-17(16)22/h3-10,19H,1-2H3,(H2,20,21,23). The summed E-state index contributed by atoms with van der Waals surface area (Å²) >= 11 is 0. The van der Waals surface area contributed by atoms with Crippen LogP contribution in [0.1, 0.15) is 5.56 Å². The third-order valence-corrected chi connectivity index (χ3v) is 3.69. The van der Waals surface area contributed by atoms with Crippen molar-refractivity contribution < 1.29 is 9.21 Å². The highest BCUT2D eigenvalue weighted by molar-refractivity contribution is 6.05. The second-order valence-electron chi connectivity index (χ2n) is 5.28. The van der Waals surface area contributed by atoms with Crippen LogP contribution in [0.15, 0.2) is 57.7 Å². The number of rotatable bonds is 3. The molecule has 2 amide bonds. The van der Waals surface area contributed by atoms with Crippen molar-refractivity contribution in [3.8, 4) is 0 Å². The highest BCUT2D eigenvalue weighted by atomic mass is 16.4. The van der Waals surface area contributed by atoms with E-state index in [4.69, 9.17) is 4.42 Å². The molecule has 0 aliphatic rings. The van der Waals surface area contributed by atoms with Crippen molar-refractivity contribution in [3.63, 3.8) is 0 Å². The van der Waals surface area contributed by atoms with Gasteiger partial charge in [-0.3, -0.25) is 5.32 Å². The van der Waals surface area contributed by atoms with Crippen LogP contribution >= 0.6 is 0 Å². The first kappa shape index (κ1) is 15.6. The summed E-state index contributed by atoms with van der Waals surface area (Å²) in [5, 5.41) is 8.98. The van der Waals surface area contributed by atoms with Crippen molar-refractivity contribution in [2.75, 3.05) is 23.0 Å². The minimum Gasteiger partial charge on any atom is -0.421 e. The molecule has 0 radical (unpaired) electrons. The molecule has 1 aromatic heterocycles. The van der Waals surface area contributed by atoms with Crippen LogP contribution in [0, 0.1) is 6.92 Å². The molecule has 24 heavy (non-hydrogen) atoms. The van der Waals surface area contributed by atoms with Crippen LogP contribution in [0.3, 0.4) is 0 Å². The van der Waals surface area contributed by atoms with E-state index < -0.39 is 11.7 Å². The van der Waals surface area contributed by atoms with Gasteiger partial charge in [0, 0.05) is 18.1 Å². The summed E-state index contributed by atoms with van der Waals surface area (Å²) in [7, 11) is 1.69. The molecule has 3 N–H and O–H groups in total. The number of fused-ring (bicyclic) bond motifs is 1. The lowest BCUT2D eigenvalue weighted by Crippen LogP contribution is -2.24. The fraction of sp³-hybridized carbons (Fsp3) is 0.111. The first-order chi connectivity index (χ1) is 11.6. The summed E-state index contributed by atoms with van der Waals surface area (Å²) < 4.78 is 5.27. The predicted octanol–water partition coefficient (Wildman–Crippen LogP) is 3.79. The summed E-state index contributed by atoms with van der Waals surface area (Å²) in [6.45, 7) is 1.89. The van der Waals surface area contributed by atoms with Gasteiger partial charge >= 0.3 is 11.7 Å². The average Bonchev–Trinajstić information content (AvgIpc) is 2.57. The van der Waals surface area contributed by atoms with E-state index in [-0.39, 0.29) is 5.69 Å². The van der Waals surface area contributed by atoms with Gasteiger partial charge in [0.1, 0.15) is 5.58 Å². The van der Waals surface area contributed by atoms with Crippen molar-refractivity contribution >= 4 is 34.1 Å². The maximum Gasteiger partial charge on any atom is 0.362 e. The largest absolute Gasteiger partial charge is 0.421 e. The van der Waals surface area contributed by atoms with Crippen molar-refractivity contribution in [3.05, 3.63) is 64.5 Å². The van der Waals surface area contributed by atoms with Gasteiger partial charge in [0.25, 0.3) is 0 Å². The molecule has 0 spiro atoms. The van der Waals surface area contributed by atoms with Crippen LogP contribution in [0.4, 0.5) is 21.9 Å². The quantitative estimate of drug-likeness (QED) is 0.640. The van der Waals surface area contributed by atoms with E-state index in [0.29, 0.717) is 22.3 Å². The van der Waals surface area contributed by atoms with Gasteiger partial charge < -0.3 is 15.1 Å². The van der Waals surface area contributed by atoms with E-state index in [1.165, 1.54) is 0 Å². The van der Waals surface area contributed by atoms with E-state index in [9.17, 15) is 9.59 Å². The van der Waals surface area contributed by atoms with Crippen molar-refractivity contribution in [1.29, 1.82) is 0 Å². The van der Waals surface area contributed by atoms with Gasteiger partial charge in [-0.2, -0.15) is 0 Å². The Morgan fingerprint density at radius 2 is 1.67 bits per heavy atom. The zero-order chi connectivity index (χ0) is 17.1. The second kappa shape index (κ2) is 6.45. The first-order valence-corrected chi connectivity index (χ1v) is 7.47. The number of benzene rings is 2. The van der Waals surface area contributed by atoms with Crippen LogP contribution in [-0.2, 0) is 0 Å². The lowest BCUT2D eigenvalue weighted by Gasteiger charge is -2.13. The third kappa shape index (κ3) is 2.94. The molecule has 0 fully saturated rings. The molecule has 6 heteroatoms. The number of carbonyl (C=O) groups is 1. The summed E-state index contributed by atoms with van der Waals surface area (Å²) in [4.78, 5) is 24.5. The van der Waals surface area contributed by atoms with Crippen molar-refractivity contribution in [1.82, 2.24) is 0 Å². The lowest BCUT2D eigenvalue weighted by atomic mass is 10.2. The number of hydrogen-bond acceptors (Lipinski definition) is 4. The number of amides is 2. The summed E-state index contributed by atoms with van der Waals surface area (Å²) in [6.07, 6.45) is 0. The van der Waals surface area contributed by atoms with Crippen LogP contribution in [0.25, 0.3) is 11.0 Å². The predicted molar refractivity (Wildman–Crippen MR) is 95.9 cm³/mol. The fourth-order valence-corrected chi connectivity index (χ4v) is 2.50. The normalized spacial score (nSPS) is 10.4. The summed E-state index contributed by atoms with van der Waals surface area (Å²) in [5.74, 6) is 0. The van der Waals surface area contributed by atoms with E-state index in [2.05, 4.69) is 16.0 Å². The molecule has 1 heterocycles. The molecule has 3 aromatic rings. The molecule has 2 aromatic carbocycles. The van der Waals surface area contributed by atoms with Gasteiger partial charge in [0.15, 0.2) is 5.69 Å². The number of hydrogen-bond donors (Lipinski definition) is 3. The maximum atomic E-state index is 12.3. The number of aryl methyl sites for hydroxylation is 1. The molecular weight excluding hydrogens is 306 g/mol.